The third-order valence-electron chi connectivity index (χ3n) is 4.65. The lowest BCUT2D eigenvalue weighted by atomic mass is 9.87. The number of nitrogens with one attached hydrogen (secondary N) is 1. The second kappa shape index (κ2) is 8.43. The second-order valence-electron chi connectivity index (χ2n) is 6.41. The molecule has 1 N–H and O–H groups in total. The largest absolute Gasteiger partial charge is 0.493 e. The summed E-state index contributed by atoms with van der Waals surface area (Å²) in [6.07, 6.45) is 9.39. The molecule has 1 aliphatic heterocycles. The van der Waals surface area contributed by atoms with Crippen LogP contribution in [0.4, 0.5) is 4.79 Å². The molecule has 1 aromatic rings. The third-order valence-corrected chi connectivity index (χ3v) is 5.34. The zero-order valence-corrected chi connectivity index (χ0v) is 15.2. The number of methoxy groups -OCH3 is 1. The summed E-state index contributed by atoms with van der Waals surface area (Å²) in [5, 5.41) is 1.93. The van der Waals surface area contributed by atoms with Gasteiger partial charge in [-0.1, -0.05) is 38.2 Å². The summed E-state index contributed by atoms with van der Waals surface area (Å²) in [6, 6.07) is 5.51. The van der Waals surface area contributed by atoms with Gasteiger partial charge in [0.25, 0.3) is 5.24 Å². The van der Waals surface area contributed by atoms with Crippen LogP contribution in [0, 0.1) is 5.92 Å². The van der Waals surface area contributed by atoms with Crippen molar-refractivity contribution in [2.45, 2.75) is 38.5 Å². The van der Waals surface area contributed by atoms with Crippen LogP contribution in [0.5, 0.6) is 11.5 Å². The summed E-state index contributed by atoms with van der Waals surface area (Å²) in [4.78, 5) is 22.9. The molecule has 0 bridgehead atoms. The van der Waals surface area contributed by atoms with Crippen LogP contribution >= 0.6 is 11.8 Å². The summed E-state index contributed by atoms with van der Waals surface area (Å²) in [6.45, 7) is 0.687. The van der Waals surface area contributed by atoms with Crippen molar-refractivity contribution in [3.8, 4) is 11.5 Å². The van der Waals surface area contributed by atoms with Crippen LogP contribution in [0.15, 0.2) is 23.9 Å². The van der Waals surface area contributed by atoms with Crippen molar-refractivity contribution < 1.29 is 19.1 Å². The van der Waals surface area contributed by atoms with E-state index in [1.807, 2.05) is 18.2 Å². The topological polar surface area (TPSA) is 64.6 Å². The molecule has 1 aliphatic carbocycles. The number of ether oxygens (including phenoxy) is 2. The first kappa shape index (κ1) is 17.9. The van der Waals surface area contributed by atoms with Gasteiger partial charge in [-0.25, -0.2) is 0 Å². The van der Waals surface area contributed by atoms with Crippen molar-refractivity contribution in [1.29, 1.82) is 0 Å². The molecule has 25 heavy (non-hydrogen) atoms. The van der Waals surface area contributed by atoms with Crippen molar-refractivity contribution in [2.24, 2.45) is 5.92 Å². The standard InChI is InChI=1S/C19H23NO4S/c1-23-17-12-14(11-15-18(21)25-19(22)20-15)7-8-16(17)24-10-9-13-5-3-2-4-6-13/h7-8,11-13H,2-6,9-10H2,1H3,(H,20,22)/b15-11+. The number of thioether (sulfide) groups is 1. The van der Waals surface area contributed by atoms with Gasteiger partial charge in [-0.05, 0) is 36.1 Å². The van der Waals surface area contributed by atoms with Crippen LogP contribution in [0.3, 0.4) is 0 Å². The molecule has 0 unspecified atom stereocenters. The van der Waals surface area contributed by atoms with Gasteiger partial charge in [0, 0.05) is 11.8 Å². The first-order chi connectivity index (χ1) is 12.2. The lowest BCUT2D eigenvalue weighted by Crippen LogP contribution is -2.11. The molecule has 1 saturated carbocycles. The van der Waals surface area contributed by atoms with E-state index < -0.39 is 0 Å². The Kier molecular flexibility index (Phi) is 6.02. The van der Waals surface area contributed by atoms with Crippen molar-refractivity contribution in [1.82, 2.24) is 5.32 Å². The van der Waals surface area contributed by atoms with E-state index in [1.165, 1.54) is 32.1 Å². The minimum atomic E-state index is -0.342. The van der Waals surface area contributed by atoms with Crippen molar-refractivity contribution in [3.05, 3.63) is 29.5 Å². The number of carbonyl (C=O) groups excluding carboxylic acids is 2. The molecular formula is C19H23NO4S. The van der Waals surface area contributed by atoms with E-state index in [0.717, 1.165) is 17.9 Å². The van der Waals surface area contributed by atoms with Crippen molar-refractivity contribution in [2.75, 3.05) is 13.7 Å². The zero-order valence-electron chi connectivity index (χ0n) is 14.4. The van der Waals surface area contributed by atoms with Crippen LogP contribution < -0.4 is 14.8 Å². The molecule has 1 heterocycles. The van der Waals surface area contributed by atoms with E-state index in [-0.39, 0.29) is 10.4 Å². The first-order valence-corrected chi connectivity index (χ1v) is 9.53. The number of carbonyl (C=O) groups is 2. The Hall–Kier alpha value is -1.95. The molecule has 3 rings (SSSR count). The van der Waals surface area contributed by atoms with Crippen molar-refractivity contribution in [3.63, 3.8) is 0 Å². The maximum atomic E-state index is 11.7. The molecule has 0 radical (unpaired) electrons. The Morgan fingerprint density at radius 1 is 1.20 bits per heavy atom. The van der Waals surface area contributed by atoms with Crippen molar-refractivity contribution >= 4 is 28.2 Å². The molecule has 2 aliphatic rings. The Morgan fingerprint density at radius 3 is 2.68 bits per heavy atom. The maximum Gasteiger partial charge on any atom is 0.291 e. The Morgan fingerprint density at radius 2 is 2.00 bits per heavy atom. The van der Waals surface area contributed by atoms with Gasteiger partial charge in [-0.3, -0.25) is 9.59 Å². The predicted molar refractivity (Wildman–Crippen MR) is 98.8 cm³/mol. The van der Waals surface area contributed by atoms with Crippen LogP contribution in [0.2, 0.25) is 0 Å². The minimum absolute atomic E-state index is 0.267. The van der Waals surface area contributed by atoms with Gasteiger partial charge in [0.15, 0.2) is 11.5 Å². The minimum Gasteiger partial charge on any atom is -0.493 e. The summed E-state index contributed by atoms with van der Waals surface area (Å²) in [7, 11) is 1.60. The number of hydrogen-bond donors (Lipinski definition) is 1. The van der Waals surface area contributed by atoms with Gasteiger partial charge in [0.05, 0.1) is 19.4 Å². The van der Waals surface area contributed by atoms with E-state index in [2.05, 4.69) is 5.32 Å². The lowest BCUT2D eigenvalue weighted by Gasteiger charge is -2.21. The number of hydrogen-bond acceptors (Lipinski definition) is 5. The molecule has 5 nitrogen and oxygen atoms in total. The monoisotopic (exact) mass is 361 g/mol. The fourth-order valence-electron chi connectivity index (χ4n) is 3.29. The van der Waals surface area contributed by atoms with Gasteiger partial charge in [-0.2, -0.15) is 0 Å². The lowest BCUT2D eigenvalue weighted by molar-refractivity contribution is -0.107. The van der Waals surface area contributed by atoms with Gasteiger partial charge >= 0.3 is 0 Å². The average molecular weight is 361 g/mol. The fourth-order valence-corrected chi connectivity index (χ4v) is 3.84. The summed E-state index contributed by atoms with van der Waals surface area (Å²) < 4.78 is 11.3. The van der Waals surface area contributed by atoms with Gasteiger partial charge in [0.1, 0.15) is 0 Å². The van der Waals surface area contributed by atoms with Gasteiger partial charge in [0.2, 0.25) is 5.12 Å². The smallest absolute Gasteiger partial charge is 0.291 e. The molecule has 134 valence electrons. The highest BCUT2D eigenvalue weighted by atomic mass is 32.2. The van der Waals surface area contributed by atoms with Crippen LogP contribution in [0.1, 0.15) is 44.1 Å². The van der Waals surface area contributed by atoms with E-state index in [0.29, 0.717) is 35.6 Å². The average Bonchev–Trinajstić information content (AvgIpc) is 2.94. The number of rotatable bonds is 6. The fraction of sp³-hybridized carbons (Fsp3) is 0.474. The van der Waals surface area contributed by atoms with E-state index in [1.54, 1.807) is 13.2 Å². The SMILES string of the molecule is COc1cc(/C=C2/NC(=O)SC2=O)ccc1OCCC1CCCCC1. The van der Waals surface area contributed by atoms with Gasteiger partial charge in [-0.15, -0.1) is 0 Å². The summed E-state index contributed by atoms with van der Waals surface area (Å²) >= 11 is 0.672. The van der Waals surface area contributed by atoms with E-state index in [4.69, 9.17) is 9.47 Å². The molecule has 1 saturated heterocycles. The number of benzene rings is 1. The Bertz CT molecular complexity index is 680. The highest BCUT2D eigenvalue weighted by Gasteiger charge is 2.25. The highest BCUT2D eigenvalue weighted by molar-refractivity contribution is 8.27. The third kappa shape index (κ3) is 4.78. The molecule has 1 amide bonds. The predicted octanol–water partition coefficient (Wildman–Crippen LogP) is 4.37. The molecule has 6 heteroatoms. The van der Waals surface area contributed by atoms with E-state index in [9.17, 15) is 9.59 Å². The van der Waals surface area contributed by atoms with Crippen LogP contribution in [-0.2, 0) is 4.79 Å². The first-order valence-electron chi connectivity index (χ1n) is 8.71. The summed E-state index contributed by atoms with van der Waals surface area (Å²) in [5.41, 5.74) is 1.07. The zero-order chi connectivity index (χ0) is 17.6. The maximum absolute atomic E-state index is 11.7. The molecule has 1 aromatic carbocycles. The molecule has 0 aromatic heterocycles. The molecule has 0 spiro atoms. The molecule has 2 fully saturated rings. The highest BCUT2D eigenvalue weighted by Crippen LogP contribution is 2.31. The summed E-state index contributed by atoms with van der Waals surface area (Å²) in [5.74, 6) is 2.11. The molecular weight excluding hydrogens is 338 g/mol. The van der Waals surface area contributed by atoms with Gasteiger partial charge < -0.3 is 14.8 Å². The van der Waals surface area contributed by atoms with E-state index >= 15 is 0 Å². The Labute approximate surface area is 152 Å². The van der Waals surface area contributed by atoms with Crippen LogP contribution in [0.25, 0.3) is 6.08 Å². The normalized spacial score (nSPS) is 20.0. The second-order valence-corrected chi connectivity index (χ2v) is 7.36. The Balaban J connectivity index is 1.62. The quantitative estimate of drug-likeness (QED) is 0.762. The molecule has 0 atom stereocenters. The number of amides is 1. The van der Waals surface area contributed by atoms with Crippen LogP contribution in [-0.4, -0.2) is 24.1 Å².